The molecule has 1 atom stereocenters. The Morgan fingerprint density at radius 2 is 2.09 bits per heavy atom. The van der Waals surface area contributed by atoms with Crippen LogP contribution in [0.5, 0.6) is 0 Å². The van der Waals surface area contributed by atoms with Crippen molar-refractivity contribution < 1.29 is 14.0 Å². The van der Waals surface area contributed by atoms with Crippen LogP contribution >= 0.6 is 18.2 Å². The second-order valence-corrected chi connectivity index (χ2v) is 7.40. The van der Waals surface area contributed by atoms with Gasteiger partial charge in [0, 0.05) is 0 Å². The van der Waals surface area contributed by atoms with Crippen LogP contribution in [-0.2, 0) is 9.09 Å². The van der Waals surface area contributed by atoms with Crippen molar-refractivity contribution in [2.24, 2.45) is 0 Å². The molecule has 2 fully saturated rings. The Kier molecular flexibility index (Phi) is 1.84. The molecule has 0 radical (unpaired) electrons. The summed E-state index contributed by atoms with van der Waals surface area (Å²) in [6, 6.07) is 0. The maximum absolute atomic E-state index is 11.1. The summed E-state index contributed by atoms with van der Waals surface area (Å²) in [5.41, 5.74) is 0. The Labute approximate surface area is 69.8 Å². The fourth-order valence-corrected chi connectivity index (χ4v) is 5.86. The quantitative estimate of drug-likeness (QED) is 0.600. The molecule has 1 N–H and O–H groups in total. The summed E-state index contributed by atoms with van der Waals surface area (Å²) in [4.78, 5) is 9.12. The third-order valence-corrected chi connectivity index (χ3v) is 6.08. The van der Waals surface area contributed by atoms with E-state index in [0.29, 0.717) is 6.61 Å². The van der Waals surface area contributed by atoms with Crippen LogP contribution in [0.25, 0.3) is 0 Å². The number of hydrogen-bond donors (Lipinski definition) is 1. The molecule has 1 heterocycles. The summed E-state index contributed by atoms with van der Waals surface area (Å²) in [6.45, 7) is -2.76. The molecule has 0 amide bonds. The Hall–Kier alpha value is 0.500. The molecule has 1 aliphatic carbocycles. The third-order valence-electron chi connectivity index (χ3n) is 2.31. The van der Waals surface area contributed by atoms with Gasteiger partial charge in [0.05, 0.1) is 11.4 Å². The standard InChI is InChI=1S/C6H11O3PS/c7-10(8)9-5-6(11-10)3-1-2-4-6/h1-5H2,(H,7,8). The zero-order chi connectivity index (χ0) is 7.95. The molecule has 0 aromatic carbocycles. The molecule has 0 aromatic rings. The molecule has 1 unspecified atom stereocenters. The van der Waals surface area contributed by atoms with Crippen LogP contribution < -0.4 is 0 Å². The zero-order valence-corrected chi connectivity index (χ0v) is 7.87. The summed E-state index contributed by atoms with van der Waals surface area (Å²) in [5, 5.41) is 0. The van der Waals surface area contributed by atoms with Crippen LogP contribution in [0.4, 0.5) is 0 Å². The largest absolute Gasteiger partial charge is 0.387 e. The normalized spacial score (nSPS) is 41.9. The molecule has 11 heavy (non-hydrogen) atoms. The molecule has 0 bridgehead atoms. The average molecular weight is 194 g/mol. The lowest BCUT2D eigenvalue weighted by atomic mass is 10.1. The van der Waals surface area contributed by atoms with E-state index in [0.717, 1.165) is 12.8 Å². The molecule has 5 heteroatoms. The van der Waals surface area contributed by atoms with Gasteiger partial charge in [0.2, 0.25) is 0 Å². The Balaban J connectivity index is 2.13. The van der Waals surface area contributed by atoms with E-state index in [2.05, 4.69) is 0 Å². The monoisotopic (exact) mass is 194 g/mol. The van der Waals surface area contributed by atoms with Crippen molar-refractivity contribution in [2.75, 3.05) is 6.61 Å². The summed E-state index contributed by atoms with van der Waals surface area (Å²) in [5.74, 6) is 0. The van der Waals surface area contributed by atoms with Gasteiger partial charge < -0.3 is 4.89 Å². The molecule has 1 spiro atoms. The smallest absolute Gasteiger partial charge is 0.316 e. The van der Waals surface area contributed by atoms with Gasteiger partial charge in [-0.3, -0.25) is 4.52 Å². The first kappa shape index (κ1) is 8.11. The number of hydrogen-bond acceptors (Lipinski definition) is 3. The van der Waals surface area contributed by atoms with Crippen molar-refractivity contribution in [3.8, 4) is 0 Å². The maximum atomic E-state index is 11.1. The molecule has 1 saturated heterocycles. The molecular formula is C6H11O3PS. The lowest BCUT2D eigenvalue weighted by molar-refractivity contribution is 0.260. The van der Waals surface area contributed by atoms with Crippen LogP contribution in [0.3, 0.4) is 0 Å². The van der Waals surface area contributed by atoms with Gasteiger partial charge in [0.15, 0.2) is 0 Å². The lowest BCUT2D eigenvalue weighted by Gasteiger charge is -2.16. The minimum atomic E-state index is -3.24. The molecule has 0 aromatic heterocycles. The summed E-state index contributed by atoms with van der Waals surface area (Å²) in [6.07, 6.45) is 4.44. The second-order valence-electron chi connectivity index (χ2n) is 3.22. The summed E-state index contributed by atoms with van der Waals surface area (Å²) in [7, 11) is 0. The SMILES string of the molecule is O=P1(O)OCC2(CCCC2)S1. The highest BCUT2D eigenvalue weighted by atomic mass is 32.7. The topological polar surface area (TPSA) is 46.5 Å². The van der Waals surface area contributed by atoms with Crippen LogP contribution in [0.15, 0.2) is 0 Å². The molecule has 1 saturated carbocycles. The van der Waals surface area contributed by atoms with E-state index >= 15 is 0 Å². The van der Waals surface area contributed by atoms with Crippen LogP contribution in [0, 0.1) is 0 Å². The fraction of sp³-hybridized carbons (Fsp3) is 1.00. The molecule has 64 valence electrons. The molecule has 3 nitrogen and oxygen atoms in total. The molecule has 2 rings (SSSR count). The lowest BCUT2D eigenvalue weighted by Crippen LogP contribution is -2.19. The zero-order valence-electron chi connectivity index (χ0n) is 6.15. The van der Waals surface area contributed by atoms with Crippen molar-refractivity contribution in [3.63, 3.8) is 0 Å². The van der Waals surface area contributed by atoms with Gasteiger partial charge in [-0.1, -0.05) is 12.8 Å². The van der Waals surface area contributed by atoms with Crippen LogP contribution in [-0.4, -0.2) is 16.2 Å². The summed E-state index contributed by atoms with van der Waals surface area (Å²) < 4.78 is 15.9. The van der Waals surface area contributed by atoms with Gasteiger partial charge in [0.1, 0.15) is 0 Å². The first-order chi connectivity index (χ1) is 5.12. The maximum Gasteiger partial charge on any atom is 0.387 e. The highest BCUT2D eigenvalue weighted by molar-refractivity contribution is 8.55. The van der Waals surface area contributed by atoms with Crippen molar-refractivity contribution in [2.45, 2.75) is 30.4 Å². The van der Waals surface area contributed by atoms with Gasteiger partial charge in [0.25, 0.3) is 0 Å². The number of rotatable bonds is 0. The van der Waals surface area contributed by atoms with Crippen LogP contribution in [0.1, 0.15) is 25.7 Å². The second kappa shape index (κ2) is 2.49. The van der Waals surface area contributed by atoms with Crippen molar-refractivity contribution in [3.05, 3.63) is 0 Å². The van der Waals surface area contributed by atoms with E-state index in [1.807, 2.05) is 0 Å². The first-order valence-electron chi connectivity index (χ1n) is 3.80. The molecule has 2 aliphatic rings. The minimum absolute atomic E-state index is 0.00424. The van der Waals surface area contributed by atoms with Crippen molar-refractivity contribution in [1.29, 1.82) is 0 Å². The van der Waals surface area contributed by atoms with Crippen LogP contribution in [0.2, 0.25) is 0 Å². The van der Waals surface area contributed by atoms with Gasteiger partial charge >= 0.3 is 6.80 Å². The van der Waals surface area contributed by atoms with E-state index in [-0.39, 0.29) is 4.75 Å². The van der Waals surface area contributed by atoms with Crippen molar-refractivity contribution in [1.82, 2.24) is 0 Å². The van der Waals surface area contributed by atoms with Gasteiger partial charge in [-0.25, -0.2) is 4.57 Å². The van der Waals surface area contributed by atoms with Gasteiger partial charge in [-0.15, -0.1) is 0 Å². The molecule has 1 aliphatic heterocycles. The fourth-order valence-electron chi connectivity index (χ4n) is 1.75. The first-order valence-corrected chi connectivity index (χ1v) is 6.80. The van der Waals surface area contributed by atoms with Crippen molar-refractivity contribution >= 4 is 18.2 Å². The predicted molar refractivity (Wildman–Crippen MR) is 44.6 cm³/mol. The van der Waals surface area contributed by atoms with E-state index in [1.165, 1.54) is 24.2 Å². The average Bonchev–Trinajstić information content (AvgIpc) is 2.43. The molecular weight excluding hydrogens is 183 g/mol. The third kappa shape index (κ3) is 1.50. The van der Waals surface area contributed by atoms with Gasteiger partial charge in [-0.2, -0.15) is 0 Å². The highest BCUT2D eigenvalue weighted by Gasteiger charge is 2.48. The van der Waals surface area contributed by atoms with E-state index in [9.17, 15) is 4.57 Å². The van der Waals surface area contributed by atoms with E-state index in [4.69, 9.17) is 9.42 Å². The highest BCUT2D eigenvalue weighted by Crippen LogP contribution is 2.70. The Morgan fingerprint density at radius 1 is 1.45 bits per heavy atom. The predicted octanol–water partition coefficient (Wildman–Crippen LogP) is 2.16. The van der Waals surface area contributed by atoms with E-state index < -0.39 is 6.80 Å². The van der Waals surface area contributed by atoms with E-state index in [1.54, 1.807) is 0 Å². The Bertz CT molecular complexity index is 212. The van der Waals surface area contributed by atoms with Gasteiger partial charge in [-0.05, 0) is 24.2 Å². The Morgan fingerprint density at radius 3 is 2.55 bits per heavy atom. The minimum Gasteiger partial charge on any atom is -0.316 e. The summed E-state index contributed by atoms with van der Waals surface area (Å²) >= 11 is 1.17.